The maximum absolute atomic E-state index is 10.8. The van der Waals surface area contributed by atoms with E-state index in [0.29, 0.717) is 48.7 Å². The first-order valence-electron chi connectivity index (χ1n) is 12.3. The molecule has 0 fully saturated rings. The van der Waals surface area contributed by atoms with E-state index in [1.807, 2.05) is 52.0 Å². The third kappa shape index (κ3) is 9.69. The van der Waals surface area contributed by atoms with Crippen molar-refractivity contribution in [3.63, 3.8) is 0 Å². The molecular formula is C28H42O8. The number of hydrogen-bond acceptors (Lipinski definition) is 8. The highest BCUT2D eigenvalue weighted by molar-refractivity contribution is 5.70. The molecule has 0 radical (unpaired) electrons. The van der Waals surface area contributed by atoms with Crippen LogP contribution >= 0.6 is 0 Å². The molecule has 0 aliphatic rings. The second-order valence-electron chi connectivity index (χ2n) is 9.10. The van der Waals surface area contributed by atoms with Crippen LogP contribution < -0.4 is 0 Å². The van der Waals surface area contributed by atoms with Gasteiger partial charge < -0.3 is 38.6 Å². The molecule has 0 saturated carbocycles. The quantitative estimate of drug-likeness (QED) is 0.291. The molecule has 0 bridgehead atoms. The molecule has 2 aromatic carbocycles. The normalized spacial score (nSPS) is 11.7. The molecule has 0 spiro atoms. The molecule has 36 heavy (non-hydrogen) atoms. The second kappa shape index (κ2) is 15.8. The summed E-state index contributed by atoms with van der Waals surface area (Å²) in [4.78, 5) is 0. The second-order valence-corrected chi connectivity index (χ2v) is 9.10. The highest BCUT2D eigenvalue weighted by Gasteiger charge is 2.16. The molecule has 2 rings (SSSR count). The van der Waals surface area contributed by atoms with E-state index < -0.39 is 0 Å². The molecule has 2 N–H and O–H groups in total. The molecule has 0 saturated heterocycles. The average Bonchev–Trinajstić information content (AvgIpc) is 2.82. The van der Waals surface area contributed by atoms with Gasteiger partial charge in [-0.2, -0.15) is 0 Å². The molecule has 0 amide bonds. The summed E-state index contributed by atoms with van der Waals surface area (Å²) in [7, 11) is 3.17. The molecule has 202 valence electrons. The molecular weight excluding hydrogens is 464 g/mol. The van der Waals surface area contributed by atoms with E-state index in [1.165, 1.54) is 0 Å². The fourth-order valence-corrected chi connectivity index (χ4v) is 3.65. The van der Waals surface area contributed by atoms with E-state index in [4.69, 9.17) is 28.4 Å². The van der Waals surface area contributed by atoms with Crippen molar-refractivity contribution in [3.05, 3.63) is 46.5 Å². The Morgan fingerprint density at radius 2 is 0.889 bits per heavy atom. The largest absolute Gasteiger partial charge is 0.507 e. The number of aromatic hydroxyl groups is 2. The first-order valence-corrected chi connectivity index (χ1v) is 12.3. The van der Waals surface area contributed by atoms with Crippen molar-refractivity contribution in [1.82, 2.24) is 0 Å². The SMILES string of the molecule is COCc1cc(-c2cc(COC)c(O)c(COCCOC(C)C)c2)cc(COCCOC(C)C)c1O. The Bertz CT molecular complexity index is 851. The highest BCUT2D eigenvalue weighted by Crippen LogP contribution is 2.35. The Morgan fingerprint density at radius 1 is 0.556 bits per heavy atom. The van der Waals surface area contributed by atoms with Crippen LogP contribution in [0.3, 0.4) is 0 Å². The van der Waals surface area contributed by atoms with Crippen molar-refractivity contribution in [2.45, 2.75) is 66.3 Å². The number of methoxy groups -OCH3 is 2. The van der Waals surface area contributed by atoms with Gasteiger partial charge in [0, 0.05) is 36.5 Å². The maximum atomic E-state index is 10.8. The van der Waals surface area contributed by atoms with Crippen molar-refractivity contribution < 1.29 is 38.6 Å². The standard InChI is InChI=1S/C28H42O8/c1-19(2)35-9-7-33-17-25-13-21(11-23(15-31-5)27(25)29)22-12-24(16-32-6)28(30)26(14-22)18-34-8-10-36-20(3)4/h11-14,19-20,29-30H,7-10,15-18H2,1-6H3. The monoisotopic (exact) mass is 506 g/mol. The number of phenols is 2. The van der Waals surface area contributed by atoms with E-state index in [9.17, 15) is 10.2 Å². The third-order valence-electron chi connectivity index (χ3n) is 5.34. The van der Waals surface area contributed by atoms with Crippen LogP contribution in [0.25, 0.3) is 11.1 Å². The number of benzene rings is 2. The summed E-state index contributed by atoms with van der Waals surface area (Å²) in [5.74, 6) is 0.296. The predicted molar refractivity (Wildman–Crippen MR) is 138 cm³/mol. The van der Waals surface area contributed by atoms with E-state index in [-0.39, 0.29) is 50.1 Å². The fraction of sp³-hybridized carbons (Fsp3) is 0.571. The van der Waals surface area contributed by atoms with Crippen molar-refractivity contribution in [1.29, 1.82) is 0 Å². The highest BCUT2D eigenvalue weighted by atomic mass is 16.5. The van der Waals surface area contributed by atoms with Crippen LogP contribution in [-0.4, -0.2) is 63.1 Å². The van der Waals surface area contributed by atoms with Crippen LogP contribution in [0.2, 0.25) is 0 Å². The van der Waals surface area contributed by atoms with Gasteiger partial charge in [-0.15, -0.1) is 0 Å². The van der Waals surface area contributed by atoms with Gasteiger partial charge in [-0.25, -0.2) is 0 Å². The zero-order valence-electron chi connectivity index (χ0n) is 22.5. The third-order valence-corrected chi connectivity index (χ3v) is 5.34. The number of ether oxygens (including phenoxy) is 6. The zero-order chi connectivity index (χ0) is 26.5. The van der Waals surface area contributed by atoms with Gasteiger partial charge in [0.05, 0.1) is 65.1 Å². The van der Waals surface area contributed by atoms with Gasteiger partial charge in [0.15, 0.2) is 0 Å². The zero-order valence-corrected chi connectivity index (χ0v) is 22.5. The lowest BCUT2D eigenvalue weighted by Crippen LogP contribution is -2.10. The molecule has 0 aromatic heterocycles. The lowest BCUT2D eigenvalue weighted by atomic mass is 9.95. The maximum Gasteiger partial charge on any atom is 0.126 e. The summed E-state index contributed by atoms with van der Waals surface area (Å²) >= 11 is 0. The Labute approximate surface area is 215 Å². The van der Waals surface area contributed by atoms with Gasteiger partial charge in [0.2, 0.25) is 0 Å². The van der Waals surface area contributed by atoms with Gasteiger partial charge in [0.25, 0.3) is 0 Å². The Kier molecular flexibility index (Phi) is 13.2. The molecule has 2 aromatic rings. The van der Waals surface area contributed by atoms with Gasteiger partial charge in [-0.3, -0.25) is 0 Å². The van der Waals surface area contributed by atoms with Gasteiger partial charge in [-0.05, 0) is 63.1 Å². The van der Waals surface area contributed by atoms with Gasteiger partial charge in [-0.1, -0.05) is 0 Å². The van der Waals surface area contributed by atoms with E-state index in [0.717, 1.165) is 11.1 Å². The Balaban J connectivity index is 2.31. The summed E-state index contributed by atoms with van der Waals surface area (Å²) in [6, 6.07) is 7.55. The number of rotatable bonds is 17. The van der Waals surface area contributed by atoms with Crippen LogP contribution in [0.4, 0.5) is 0 Å². The molecule has 0 atom stereocenters. The molecule has 0 heterocycles. The molecule has 8 heteroatoms. The summed E-state index contributed by atoms with van der Waals surface area (Å²) < 4.78 is 33.2. The first kappa shape index (κ1) is 30.0. The van der Waals surface area contributed by atoms with E-state index >= 15 is 0 Å². The van der Waals surface area contributed by atoms with E-state index in [1.54, 1.807) is 14.2 Å². The summed E-state index contributed by atoms with van der Waals surface area (Å²) in [6.07, 6.45) is 0.269. The molecule has 8 nitrogen and oxygen atoms in total. The van der Waals surface area contributed by atoms with Gasteiger partial charge >= 0.3 is 0 Å². The average molecular weight is 507 g/mol. The minimum atomic E-state index is 0.135. The summed E-state index contributed by atoms with van der Waals surface area (Å²) in [5, 5.41) is 21.6. The van der Waals surface area contributed by atoms with E-state index in [2.05, 4.69) is 0 Å². The number of hydrogen-bond donors (Lipinski definition) is 2. The van der Waals surface area contributed by atoms with Crippen LogP contribution in [0.5, 0.6) is 11.5 Å². The lowest BCUT2D eigenvalue weighted by Gasteiger charge is -2.17. The predicted octanol–water partition coefficient (Wildman–Crippen LogP) is 4.94. The van der Waals surface area contributed by atoms with Crippen LogP contribution in [0.1, 0.15) is 49.9 Å². The Morgan fingerprint density at radius 3 is 1.19 bits per heavy atom. The summed E-state index contributed by atoms with van der Waals surface area (Å²) in [5.41, 5.74) is 4.31. The first-order chi connectivity index (χ1) is 17.3. The van der Waals surface area contributed by atoms with Gasteiger partial charge in [0.1, 0.15) is 11.5 Å². The minimum Gasteiger partial charge on any atom is -0.507 e. The molecule has 0 unspecified atom stereocenters. The number of phenolic OH excluding ortho intramolecular Hbond substituents is 2. The minimum absolute atomic E-state index is 0.135. The molecule has 0 aliphatic carbocycles. The van der Waals surface area contributed by atoms with Crippen LogP contribution in [-0.2, 0) is 54.8 Å². The Hall–Kier alpha value is -2.20. The van der Waals surface area contributed by atoms with Crippen molar-refractivity contribution in [2.24, 2.45) is 0 Å². The van der Waals surface area contributed by atoms with Crippen LogP contribution in [0, 0.1) is 0 Å². The van der Waals surface area contributed by atoms with Crippen molar-refractivity contribution in [3.8, 4) is 22.6 Å². The fourth-order valence-electron chi connectivity index (χ4n) is 3.65. The summed E-state index contributed by atoms with van der Waals surface area (Å²) in [6.45, 7) is 10.6. The molecule has 0 aliphatic heterocycles. The topological polar surface area (TPSA) is 95.8 Å². The van der Waals surface area contributed by atoms with Crippen molar-refractivity contribution in [2.75, 3.05) is 40.6 Å². The lowest BCUT2D eigenvalue weighted by molar-refractivity contribution is 0.0138. The van der Waals surface area contributed by atoms with Crippen molar-refractivity contribution >= 4 is 0 Å². The smallest absolute Gasteiger partial charge is 0.126 e. The van der Waals surface area contributed by atoms with Crippen LogP contribution in [0.15, 0.2) is 24.3 Å².